The van der Waals surface area contributed by atoms with E-state index in [4.69, 9.17) is 0 Å². The van der Waals surface area contributed by atoms with Crippen molar-refractivity contribution in [2.45, 2.75) is 83.5 Å². The van der Waals surface area contributed by atoms with E-state index in [0.717, 1.165) is 5.92 Å². The number of aromatic nitrogens is 1. The van der Waals surface area contributed by atoms with E-state index in [2.05, 4.69) is 36.2 Å². The number of para-hydroxylation sites is 1. The quantitative estimate of drug-likeness (QED) is 0.520. The molecule has 1 aromatic heterocycles. The molecule has 2 aromatic rings. The second kappa shape index (κ2) is 7.85. The lowest BCUT2D eigenvalue weighted by Crippen LogP contribution is -2.09. The summed E-state index contributed by atoms with van der Waals surface area (Å²) in [7, 11) is 0. The van der Waals surface area contributed by atoms with Crippen molar-refractivity contribution in [2.75, 3.05) is 0 Å². The second-order valence-corrected chi connectivity index (χ2v) is 7.06. The molecular formula is C21H31N. The van der Waals surface area contributed by atoms with Crippen LogP contribution >= 0.6 is 0 Å². The molecule has 1 heteroatoms. The summed E-state index contributed by atoms with van der Waals surface area (Å²) >= 11 is 0. The molecule has 0 saturated heterocycles. The molecule has 1 N–H and O–H groups in total. The van der Waals surface area contributed by atoms with Crippen molar-refractivity contribution >= 4 is 10.9 Å². The third kappa shape index (κ3) is 3.56. The summed E-state index contributed by atoms with van der Waals surface area (Å²) in [4.78, 5) is 3.73. The third-order valence-electron chi connectivity index (χ3n) is 5.39. The molecular weight excluding hydrogens is 266 g/mol. The molecule has 0 amide bonds. The van der Waals surface area contributed by atoms with E-state index in [1.807, 2.05) is 0 Å². The minimum Gasteiger partial charge on any atom is -0.358 e. The molecule has 1 heterocycles. The van der Waals surface area contributed by atoms with Gasteiger partial charge in [0.1, 0.15) is 0 Å². The monoisotopic (exact) mass is 297 g/mol. The molecule has 1 aromatic carbocycles. The Morgan fingerprint density at radius 1 is 1.00 bits per heavy atom. The standard InChI is InChI=1S/C21H31N/c1-2-3-4-5-6-7-8-12-17-13-11-15-19-18-14-9-10-16-20(18)22-21(17)19/h9-10,14,16-17,22H,2-8,11-13,15H2,1H3. The molecule has 1 nitrogen and oxygen atoms in total. The van der Waals surface area contributed by atoms with Gasteiger partial charge in [-0.3, -0.25) is 0 Å². The van der Waals surface area contributed by atoms with Gasteiger partial charge in [-0.1, -0.05) is 70.1 Å². The molecule has 22 heavy (non-hydrogen) atoms. The van der Waals surface area contributed by atoms with E-state index in [1.54, 1.807) is 11.3 Å². The van der Waals surface area contributed by atoms with Crippen molar-refractivity contribution in [1.82, 2.24) is 4.98 Å². The van der Waals surface area contributed by atoms with Gasteiger partial charge in [0.25, 0.3) is 0 Å². The highest BCUT2D eigenvalue weighted by Crippen LogP contribution is 2.38. The molecule has 1 aliphatic rings. The highest BCUT2D eigenvalue weighted by atomic mass is 14.7. The molecule has 0 spiro atoms. The normalized spacial score (nSPS) is 17.8. The van der Waals surface area contributed by atoms with Crippen LogP contribution in [0.3, 0.4) is 0 Å². The van der Waals surface area contributed by atoms with Crippen molar-refractivity contribution in [3.63, 3.8) is 0 Å². The first-order chi connectivity index (χ1) is 10.9. The van der Waals surface area contributed by atoms with Crippen molar-refractivity contribution in [1.29, 1.82) is 0 Å². The molecule has 0 saturated carbocycles. The van der Waals surface area contributed by atoms with Gasteiger partial charge in [-0.05, 0) is 43.2 Å². The average Bonchev–Trinajstić information content (AvgIpc) is 2.93. The zero-order chi connectivity index (χ0) is 15.2. The Labute approximate surface area is 135 Å². The van der Waals surface area contributed by atoms with Crippen LogP contribution in [0.4, 0.5) is 0 Å². The number of aryl methyl sites for hydroxylation is 1. The highest BCUT2D eigenvalue weighted by molar-refractivity contribution is 5.85. The van der Waals surface area contributed by atoms with Crippen LogP contribution in [0.2, 0.25) is 0 Å². The number of H-pyrrole nitrogens is 1. The largest absolute Gasteiger partial charge is 0.358 e. The molecule has 1 unspecified atom stereocenters. The number of unbranched alkanes of at least 4 members (excludes halogenated alkanes) is 6. The van der Waals surface area contributed by atoms with Crippen LogP contribution in [-0.2, 0) is 6.42 Å². The molecule has 0 radical (unpaired) electrons. The van der Waals surface area contributed by atoms with Crippen LogP contribution in [0.25, 0.3) is 10.9 Å². The number of hydrogen-bond donors (Lipinski definition) is 1. The summed E-state index contributed by atoms with van der Waals surface area (Å²) in [6.07, 6.45) is 15.3. The number of aromatic amines is 1. The van der Waals surface area contributed by atoms with E-state index in [0.29, 0.717) is 0 Å². The first kappa shape index (κ1) is 15.6. The molecule has 0 fully saturated rings. The minimum atomic E-state index is 0.784. The van der Waals surface area contributed by atoms with Gasteiger partial charge in [0, 0.05) is 16.6 Å². The van der Waals surface area contributed by atoms with Crippen LogP contribution < -0.4 is 0 Å². The highest BCUT2D eigenvalue weighted by Gasteiger charge is 2.23. The van der Waals surface area contributed by atoms with Gasteiger partial charge >= 0.3 is 0 Å². The Hall–Kier alpha value is -1.24. The zero-order valence-corrected chi connectivity index (χ0v) is 14.2. The van der Waals surface area contributed by atoms with Gasteiger partial charge in [0.05, 0.1) is 0 Å². The Kier molecular flexibility index (Phi) is 5.58. The second-order valence-electron chi connectivity index (χ2n) is 7.06. The van der Waals surface area contributed by atoms with Crippen molar-refractivity contribution in [3.8, 4) is 0 Å². The maximum Gasteiger partial charge on any atom is 0.0459 e. The Morgan fingerprint density at radius 2 is 1.77 bits per heavy atom. The summed E-state index contributed by atoms with van der Waals surface area (Å²) in [6, 6.07) is 8.85. The fourth-order valence-electron chi connectivity index (χ4n) is 4.14. The fraction of sp³-hybridized carbons (Fsp3) is 0.619. The van der Waals surface area contributed by atoms with Gasteiger partial charge in [0.15, 0.2) is 0 Å². The van der Waals surface area contributed by atoms with Crippen LogP contribution in [0.1, 0.15) is 88.3 Å². The van der Waals surface area contributed by atoms with Crippen molar-refractivity contribution < 1.29 is 0 Å². The van der Waals surface area contributed by atoms with E-state index >= 15 is 0 Å². The number of fused-ring (bicyclic) bond motifs is 3. The summed E-state index contributed by atoms with van der Waals surface area (Å²) in [5.74, 6) is 0.784. The summed E-state index contributed by atoms with van der Waals surface area (Å²) < 4.78 is 0. The predicted molar refractivity (Wildman–Crippen MR) is 96.6 cm³/mol. The van der Waals surface area contributed by atoms with Gasteiger partial charge in [-0.25, -0.2) is 0 Å². The lowest BCUT2D eigenvalue weighted by atomic mass is 9.83. The van der Waals surface area contributed by atoms with E-state index in [9.17, 15) is 0 Å². The first-order valence-electron chi connectivity index (χ1n) is 9.49. The van der Waals surface area contributed by atoms with Crippen molar-refractivity contribution in [2.24, 2.45) is 0 Å². The Morgan fingerprint density at radius 3 is 2.64 bits per heavy atom. The maximum atomic E-state index is 3.73. The maximum absolute atomic E-state index is 3.73. The van der Waals surface area contributed by atoms with Crippen molar-refractivity contribution in [3.05, 3.63) is 35.5 Å². The molecule has 1 aliphatic carbocycles. The zero-order valence-electron chi connectivity index (χ0n) is 14.2. The van der Waals surface area contributed by atoms with Crippen LogP contribution in [0.5, 0.6) is 0 Å². The lowest BCUT2D eigenvalue weighted by Gasteiger charge is -2.22. The first-order valence-corrected chi connectivity index (χ1v) is 9.49. The van der Waals surface area contributed by atoms with E-state index < -0.39 is 0 Å². The lowest BCUT2D eigenvalue weighted by molar-refractivity contribution is 0.477. The van der Waals surface area contributed by atoms with Crippen LogP contribution in [0.15, 0.2) is 24.3 Å². The molecule has 120 valence electrons. The number of benzene rings is 1. The predicted octanol–water partition coefficient (Wildman–Crippen LogP) is 6.73. The third-order valence-corrected chi connectivity index (χ3v) is 5.39. The van der Waals surface area contributed by atoms with Gasteiger partial charge in [-0.15, -0.1) is 0 Å². The van der Waals surface area contributed by atoms with E-state index in [1.165, 1.54) is 81.5 Å². The fourth-order valence-corrected chi connectivity index (χ4v) is 4.14. The van der Waals surface area contributed by atoms with Crippen LogP contribution in [0, 0.1) is 0 Å². The van der Waals surface area contributed by atoms with Gasteiger partial charge in [-0.2, -0.15) is 0 Å². The molecule has 1 atom stereocenters. The van der Waals surface area contributed by atoms with Gasteiger partial charge < -0.3 is 4.98 Å². The van der Waals surface area contributed by atoms with Crippen LogP contribution in [-0.4, -0.2) is 4.98 Å². The number of nitrogens with one attached hydrogen (secondary N) is 1. The average molecular weight is 297 g/mol. The van der Waals surface area contributed by atoms with E-state index in [-0.39, 0.29) is 0 Å². The topological polar surface area (TPSA) is 15.8 Å². The number of rotatable bonds is 8. The summed E-state index contributed by atoms with van der Waals surface area (Å²) in [6.45, 7) is 2.29. The number of hydrogen-bond acceptors (Lipinski definition) is 0. The summed E-state index contributed by atoms with van der Waals surface area (Å²) in [5.41, 5.74) is 4.53. The smallest absolute Gasteiger partial charge is 0.0459 e. The summed E-state index contributed by atoms with van der Waals surface area (Å²) in [5, 5.41) is 1.47. The molecule has 3 rings (SSSR count). The minimum absolute atomic E-state index is 0.784. The molecule has 0 aliphatic heterocycles. The molecule has 0 bridgehead atoms. The Balaban J connectivity index is 1.54. The SMILES string of the molecule is CCCCCCCCCC1CCCc2c1[nH]c1ccccc21. The van der Waals surface area contributed by atoms with Gasteiger partial charge in [0.2, 0.25) is 0 Å². The Bertz CT molecular complexity index is 581.